The average Bonchev–Trinajstić information content (AvgIpc) is 1.83. The number of rotatable bonds is 2. The molecule has 0 unspecified atom stereocenters. The minimum absolute atomic E-state index is 0.0490. The van der Waals surface area contributed by atoms with Gasteiger partial charge in [-0.2, -0.15) is 0 Å². The van der Waals surface area contributed by atoms with E-state index in [1.54, 1.807) is 6.08 Å². The highest BCUT2D eigenvalue weighted by atomic mass is 16.2. The van der Waals surface area contributed by atoms with Gasteiger partial charge in [0.05, 0.1) is 6.61 Å². The predicted octanol–water partition coefficient (Wildman–Crippen LogP) is 0.948. The van der Waals surface area contributed by atoms with Crippen molar-refractivity contribution in [1.29, 1.82) is 0 Å². The lowest BCUT2D eigenvalue weighted by molar-refractivity contribution is 0.342. The van der Waals surface area contributed by atoms with Crippen molar-refractivity contribution in [3.05, 3.63) is 11.6 Å². The maximum absolute atomic E-state index is 8.33. The van der Waals surface area contributed by atoms with Crippen LogP contribution in [0.5, 0.6) is 0 Å². The fourth-order valence-corrected chi connectivity index (χ4v) is 0.416. The highest BCUT2D eigenvalue weighted by Gasteiger charge is 1.82. The molecule has 0 saturated carbocycles. The second kappa shape index (κ2) is 4.42. The van der Waals surface area contributed by atoms with Crippen LogP contribution >= 0.6 is 0 Å². The molecule has 0 radical (unpaired) electrons. The lowest BCUT2D eigenvalue weighted by atomic mass is 10.2. The van der Waals surface area contributed by atoms with Gasteiger partial charge in [-0.25, -0.2) is 0 Å². The quantitative estimate of drug-likeness (QED) is 0.525. The van der Waals surface area contributed by atoms with Gasteiger partial charge in [0.2, 0.25) is 0 Å². The first kappa shape index (κ1) is 7.26. The Morgan fingerprint density at radius 2 is 2.50 bits per heavy atom. The van der Waals surface area contributed by atoms with E-state index in [1.165, 1.54) is 0 Å². The van der Waals surface area contributed by atoms with Crippen molar-refractivity contribution in [1.82, 2.24) is 0 Å². The molecule has 8 heavy (non-hydrogen) atoms. The van der Waals surface area contributed by atoms with Crippen molar-refractivity contribution >= 4 is 0 Å². The summed E-state index contributed by atoms with van der Waals surface area (Å²) in [6.45, 7) is 2.01. The first-order valence-electron chi connectivity index (χ1n) is 2.61. The molecule has 0 rings (SSSR count). The first-order chi connectivity index (χ1) is 3.85. The van der Waals surface area contributed by atoms with Gasteiger partial charge in [-0.15, -0.1) is 6.42 Å². The number of hydrogen-bond donors (Lipinski definition) is 1. The average molecular weight is 110 g/mol. The predicted molar refractivity (Wildman–Crippen MR) is 34.3 cm³/mol. The summed E-state index contributed by atoms with van der Waals surface area (Å²) in [6, 6.07) is 0. The Morgan fingerprint density at radius 1 is 1.88 bits per heavy atom. The molecule has 0 aliphatic carbocycles. The molecule has 0 heterocycles. The van der Waals surface area contributed by atoms with Crippen LogP contribution in [0.1, 0.15) is 13.3 Å². The molecule has 0 aliphatic heterocycles. The molecule has 44 valence electrons. The Labute approximate surface area is 50.0 Å². The summed E-state index contributed by atoms with van der Waals surface area (Å²) in [6.07, 6.45) is 7.51. The largest absolute Gasteiger partial charge is 0.392 e. The second-order valence-electron chi connectivity index (χ2n) is 1.41. The highest BCUT2D eigenvalue weighted by Crippen LogP contribution is 1.95. The summed E-state index contributed by atoms with van der Waals surface area (Å²) < 4.78 is 0. The molecule has 0 atom stereocenters. The van der Waals surface area contributed by atoms with E-state index in [9.17, 15) is 0 Å². The SMILES string of the molecule is C#C/C(=C\CO)CC. The molecule has 0 spiro atoms. The fourth-order valence-electron chi connectivity index (χ4n) is 0.416. The first-order valence-corrected chi connectivity index (χ1v) is 2.61. The summed E-state index contributed by atoms with van der Waals surface area (Å²) in [7, 11) is 0. The smallest absolute Gasteiger partial charge is 0.0624 e. The van der Waals surface area contributed by atoms with E-state index in [1.807, 2.05) is 6.92 Å². The summed E-state index contributed by atoms with van der Waals surface area (Å²) in [5.41, 5.74) is 0.868. The van der Waals surface area contributed by atoms with Crippen molar-refractivity contribution in [2.24, 2.45) is 0 Å². The zero-order valence-corrected chi connectivity index (χ0v) is 5.02. The molecular weight excluding hydrogens is 100 g/mol. The Bertz CT molecular complexity index is 117. The van der Waals surface area contributed by atoms with Crippen LogP contribution in [0.15, 0.2) is 11.6 Å². The van der Waals surface area contributed by atoms with Crippen LogP contribution < -0.4 is 0 Å². The third-order valence-electron chi connectivity index (χ3n) is 0.904. The van der Waals surface area contributed by atoms with E-state index in [-0.39, 0.29) is 6.61 Å². The Morgan fingerprint density at radius 3 is 2.62 bits per heavy atom. The summed E-state index contributed by atoms with van der Waals surface area (Å²) >= 11 is 0. The Kier molecular flexibility index (Phi) is 4.01. The van der Waals surface area contributed by atoms with Gasteiger partial charge in [0.15, 0.2) is 0 Å². The standard InChI is InChI=1S/C7H10O/c1-3-7(4-2)5-6-8/h1,5,8H,4,6H2,2H3/b7-5+. The molecule has 0 fully saturated rings. The zero-order valence-electron chi connectivity index (χ0n) is 5.02. The van der Waals surface area contributed by atoms with E-state index in [2.05, 4.69) is 5.92 Å². The van der Waals surface area contributed by atoms with Crippen molar-refractivity contribution in [3.63, 3.8) is 0 Å². The summed E-state index contributed by atoms with van der Waals surface area (Å²) in [5.74, 6) is 2.45. The number of aliphatic hydroxyl groups excluding tert-OH is 1. The molecule has 0 aliphatic rings. The summed E-state index contributed by atoms with van der Waals surface area (Å²) in [4.78, 5) is 0. The molecule has 0 aromatic heterocycles. The molecule has 1 N–H and O–H groups in total. The minimum atomic E-state index is 0.0490. The van der Waals surface area contributed by atoms with Gasteiger partial charge in [-0.3, -0.25) is 0 Å². The minimum Gasteiger partial charge on any atom is -0.392 e. The normalized spacial score (nSPS) is 10.9. The van der Waals surface area contributed by atoms with Gasteiger partial charge < -0.3 is 5.11 Å². The Hall–Kier alpha value is -0.740. The van der Waals surface area contributed by atoms with Gasteiger partial charge in [0, 0.05) is 0 Å². The van der Waals surface area contributed by atoms with Crippen molar-refractivity contribution < 1.29 is 5.11 Å². The maximum Gasteiger partial charge on any atom is 0.0624 e. The highest BCUT2D eigenvalue weighted by molar-refractivity contribution is 5.24. The molecule has 0 aromatic carbocycles. The van der Waals surface area contributed by atoms with Crippen LogP contribution in [0.3, 0.4) is 0 Å². The van der Waals surface area contributed by atoms with Gasteiger partial charge in [-0.1, -0.05) is 12.8 Å². The van der Waals surface area contributed by atoms with Gasteiger partial charge >= 0.3 is 0 Å². The third-order valence-corrected chi connectivity index (χ3v) is 0.904. The van der Waals surface area contributed by atoms with Crippen LogP contribution in [0.2, 0.25) is 0 Å². The molecule has 0 amide bonds. The van der Waals surface area contributed by atoms with Crippen molar-refractivity contribution in [2.45, 2.75) is 13.3 Å². The molecule has 0 bridgehead atoms. The summed E-state index contributed by atoms with van der Waals surface area (Å²) in [5, 5.41) is 8.33. The molecule has 1 nitrogen and oxygen atoms in total. The fraction of sp³-hybridized carbons (Fsp3) is 0.429. The van der Waals surface area contributed by atoms with Crippen molar-refractivity contribution in [3.8, 4) is 12.3 Å². The van der Waals surface area contributed by atoms with Crippen molar-refractivity contribution in [2.75, 3.05) is 6.61 Å². The van der Waals surface area contributed by atoms with Gasteiger partial charge in [-0.05, 0) is 18.1 Å². The number of allylic oxidation sites excluding steroid dienone is 1. The van der Waals surface area contributed by atoms with Crippen LogP contribution in [0.4, 0.5) is 0 Å². The lowest BCUT2D eigenvalue weighted by Gasteiger charge is -1.87. The number of aliphatic hydroxyl groups is 1. The molecule has 0 saturated heterocycles. The lowest BCUT2D eigenvalue weighted by Crippen LogP contribution is -1.78. The van der Waals surface area contributed by atoms with Gasteiger partial charge in [0.25, 0.3) is 0 Å². The van der Waals surface area contributed by atoms with E-state index >= 15 is 0 Å². The molecule has 1 heteroatoms. The molecular formula is C7H10O. The monoisotopic (exact) mass is 110 g/mol. The van der Waals surface area contributed by atoms with Crippen LogP contribution in [-0.4, -0.2) is 11.7 Å². The molecule has 0 aromatic rings. The number of hydrogen-bond acceptors (Lipinski definition) is 1. The van der Waals surface area contributed by atoms with E-state index in [0.717, 1.165) is 12.0 Å². The third kappa shape index (κ3) is 2.44. The van der Waals surface area contributed by atoms with Crippen LogP contribution in [0, 0.1) is 12.3 Å². The van der Waals surface area contributed by atoms with E-state index in [4.69, 9.17) is 11.5 Å². The second-order valence-corrected chi connectivity index (χ2v) is 1.41. The number of terminal acetylenes is 1. The van der Waals surface area contributed by atoms with Gasteiger partial charge in [0.1, 0.15) is 0 Å². The van der Waals surface area contributed by atoms with E-state index in [0.29, 0.717) is 0 Å². The Balaban J connectivity index is 3.72. The van der Waals surface area contributed by atoms with E-state index < -0.39 is 0 Å². The maximum atomic E-state index is 8.33. The van der Waals surface area contributed by atoms with Crippen LogP contribution in [0.25, 0.3) is 0 Å². The zero-order chi connectivity index (χ0) is 6.41. The van der Waals surface area contributed by atoms with Crippen LogP contribution in [-0.2, 0) is 0 Å². The topological polar surface area (TPSA) is 20.2 Å².